The van der Waals surface area contributed by atoms with Gasteiger partial charge in [-0.1, -0.05) is 25.1 Å². The Balaban J connectivity index is 1.95. The fraction of sp³-hybridized carbons (Fsp3) is 0.250. The molecule has 1 unspecified atom stereocenters. The minimum Gasteiger partial charge on any atom is -0.477 e. The number of para-hydroxylation sites is 1. The number of rotatable bonds is 2. The second kappa shape index (κ2) is 5.33. The SMILES string of the molecule is CC1Cc2ccccc2N(C(=O)c2ccc(C(=O)O)s2)C1. The number of carbonyl (C=O) groups is 2. The van der Waals surface area contributed by atoms with Gasteiger partial charge in [0.2, 0.25) is 0 Å². The fourth-order valence-corrected chi connectivity index (χ4v) is 3.48. The Morgan fingerprint density at radius 3 is 2.62 bits per heavy atom. The first kappa shape index (κ1) is 13.8. The van der Waals surface area contributed by atoms with Crippen LogP contribution in [0.3, 0.4) is 0 Å². The van der Waals surface area contributed by atoms with Gasteiger partial charge < -0.3 is 10.0 Å². The lowest BCUT2D eigenvalue weighted by Gasteiger charge is -2.32. The largest absolute Gasteiger partial charge is 0.477 e. The van der Waals surface area contributed by atoms with Crippen LogP contribution in [0.25, 0.3) is 0 Å². The molecule has 0 saturated heterocycles. The van der Waals surface area contributed by atoms with E-state index in [0.717, 1.165) is 23.4 Å². The number of thiophene rings is 1. The summed E-state index contributed by atoms with van der Waals surface area (Å²) in [5.41, 5.74) is 2.10. The lowest BCUT2D eigenvalue weighted by atomic mass is 9.94. The van der Waals surface area contributed by atoms with Crippen LogP contribution < -0.4 is 4.90 Å². The molecule has 0 spiro atoms. The number of anilines is 1. The van der Waals surface area contributed by atoms with Gasteiger partial charge in [-0.05, 0) is 36.1 Å². The molecule has 3 rings (SSSR count). The predicted molar refractivity (Wildman–Crippen MR) is 82.3 cm³/mol. The Labute approximate surface area is 126 Å². The van der Waals surface area contributed by atoms with Crippen LogP contribution in [0.2, 0.25) is 0 Å². The van der Waals surface area contributed by atoms with E-state index >= 15 is 0 Å². The van der Waals surface area contributed by atoms with E-state index in [4.69, 9.17) is 5.11 Å². The zero-order valence-corrected chi connectivity index (χ0v) is 12.4. The van der Waals surface area contributed by atoms with Crippen molar-refractivity contribution in [2.24, 2.45) is 5.92 Å². The van der Waals surface area contributed by atoms with Gasteiger partial charge in [0.05, 0.1) is 4.88 Å². The maximum atomic E-state index is 12.7. The van der Waals surface area contributed by atoms with Gasteiger partial charge in [-0.25, -0.2) is 4.79 Å². The number of amides is 1. The highest BCUT2D eigenvalue weighted by atomic mass is 32.1. The minimum absolute atomic E-state index is 0.119. The van der Waals surface area contributed by atoms with Crippen LogP contribution in [0.1, 0.15) is 31.8 Å². The first-order chi connectivity index (χ1) is 10.1. The molecule has 2 aromatic rings. The predicted octanol–water partition coefficient (Wildman–Crippen LogP) is 3.29. The molecule has 2 heterocycles. The Morgan fingerprint density at radius 2 is 1.90 bits per heavy atom. The number of hydrogen-bond donors (Lipinski definition) is 1. The molecule has 1 aliphatic heterocycles. The van der Waals surface area contributed by atoms with Crippen molar-refractivity contribution in [2.75, 3.05) is 11.4 Å². The Bertz CT molecular complexity index is 707. The van der Waals surface area contributed by atoms with Crippen LogP contribution in [0.15, 0.2) is 36.4 Å². The second-order valence-electron chi connectivity index (χ2n) is 5.32. The molecule has 0 fully saturated rings. The quantitative estimate of drug-likeness (QED) is 0.926. The number of carbonyl (C=O) groups excluding carboxylic acids is 1. The third kappa shape index (κ3) is 2.56. The molecule has 5 heteroatoms. The van der Waals surface area contributed by atoms with E-state index < -0.39 is 5.97 Å². The molecule has 1 atom stereocenters. The van der Waals surface area contributed by atoms with Crippen molar-refractivity contribution >= 4 is 28.9 Å². The molecular formula is C16H15NO3S. The lowest BCUT2D eigenvalue weighted by Crippen LogP contribution is -2.38. The summed E-state index contributed by atoms with van der Waals surface area (Å²) in [7, 11) is 0. The molecule has 0 aliphatic carbocycles. The van der Waals surface area contributed by atoms with Gasteiger partial charge in [0.15, 0.2) is 0 Å². The van der Waals surface area contributed by atoms with E-state index in [2.05, 4.69) is 6.92 Å². The molecule has 21 heavy (non-hydrogen) atoms. The Hall–Kier alpha value is -2.14. The summed E-state index contributed by atoms with van der Waals surface area (Å²) in [6.07, 6.45) is 0.963. The number of hydrogen-bond acceptors (Lipinski definition) is 3. The van der Waals surface area contributed by atoms with Crippen LogP contribution in [-0.2, 0) is 6.42 Å². The first-order valence-electron chi connectivity index (χ1n) is 6.79. The number of aromatic carboxylic acids is 1. The normalized spacial score (nSPS) is 17.4. The van der Waals surface area contributed by atoms with Gasteiger partial charge in [-0.3, -0.25) is 4.79 Å². The highest BCUT2D eigenvalue weighted by molar-refractivity contribution is 7.16. The van der Waals surface area contributed by atoms with Crippen LogP contribution in [0.5, 0.6) is 0 Å². The van der Waals surface area contributed by atoms with E-state index in [1.807, 2.05) is 24.3 Å². The number of carboxylic acids is 1. The number of benzene rings is 1. The second-order valence-corrected chi connectivity index (χ2v) is 6.41. The summed E-state index contributed by atoms with van der Waals surface area (Å²) in [5, 5.41) is 8.98. The third-order valence-corrected chi connectivity index (χ3v) is 4.68. The van der Waals surface area contributed by atoms with Gasteiger partial charge in [0.25, 0.3) is 5.91 Å². The number of carboxylic acid groups (broad SMARTS) is 1. The summed E-state index contributed by atoms with van der Waals surface area (Å²) in [5.74, 6) is -0.722. The monoisotopic (exact) mass is 301 g/mol. The van der Waals surface area contributed by atoms with Gasteiger partial charge in [-0.15, -0.1) is 11.3 Å². The first-order valence-corrected chi connectivity index (χ1v) is 7.61. The Kier molecular flexibility index (Phi) is 3.51. The molecule has 0 bridgehead atoms. The summed E-state index contributed by atoms with van der Waals surface area (Å²) >= 11 is 1.03. The van der Waals surface area contributed by atoms with Crippen LogP contribution >= 0.6 is 11.3 Å². The van der Waals surface area contributed by atoms with E-state index in [1.165, 1.54) is 11.6 Å². The van der Waals surface area contributed by atoms with E-state index in [1.54, 1.807) is 11.0 Å². The topological polar surface area (TPSA) is 57.6 Å². The molecular weight excluding hydrogens is 286 g/mol. The maximum Gasteiger partial charge on any atom is 0.345 e. The average molecular weight is 301 g/mol. The van der Waals surface area contributed by atoms with Gasteiger partial charge in [0, 0.05) is 12.2 Å². The summed E-state index contributed by atoms with van der Waals surface area (Å²) in [6, 6.07) is 11.0. The molecule has 1 aliphatic rings. The standard InChI is InChI=1S/C16H15NO3S/c1-10-8-11-4-2-3-5-12(11)17(9-10)15(18)13-6-7-14(21-13)16(19)20/h2-7,10H,8-9H2,1H3,(H,19,20). The van der Waals surface area contributed by atoms with Crippen LogP contribution in [0.4, 0.5) is 5.69 Å². The minimum atomic E-state index is -0.994. The fourth-order valence-electron chi connectivity index (χ4n) is 2.69. The van der Waals surface area contributed by atoms with Gasteiger partial charge in [0.1, 0.15) is 4.88 Å². The molecule has 0 radical (unpaired) electrons. The van der Waals surface area contributed by atoms with Crippen LogP contribution in [-0.4, -0.2) is 23.5 Å². The summed E-state index contributed by atoms with van der Waals surface area (Å²) in [6.45, 7) is 2.78. The Morgan fingerprint density at radius 1 is 1.19 bits per heavy atom. The smallest absolute Gasteiger partial charge is 0.345 e. The van der Waals surface area contributed by atoms with E-state index in [9.17, 15) is 9.59 Å². The molecule has 108 valence electrons. The lowest BCUT2D eigenvalue weighted by molar-refractivity contribution is 0.0702. The third-order valence-electron chi connectivity index (χ3n) is 3.62. The van der Waals surface area contributed by atoms with E-state index in [-0.39, 0.29) is 10.8 Å². The maximum absolute atomic E-state index is 12.7. The molecule has 1 amide bonds. The highest BCUT2D eigenvalue weighted by Gasteiger charge is 2.28. The van der Waals surface area contributed by atoms with Gasteiger partial charge >= 0.3 is 5.97 Å². The van der Waals surface area contributed by atoms with Crippen molar-refractivity contribution in [1.82, 2.24) is 0 Å². The molecule has 4 nitrogen and oxygen atoms in total. The zero-order valence-electron chi connectivity index (χ0n) is 11.6. The molecule has 1 aromatic carbocycles. The summed E-state index contributed by atoms with van der Waals surface area (Å²) < 4.78 is 0. The van der Waals surface area contributed by atoms with Crippen molar-refractivity contribution < 1.29 is 14.7 Å². The summed E-state index contributed by atoms with van der Waals surface area (Å²) in [4.78, 5) is 26.1. The van der Waals surface area contributed by atoms with Crippen molar-refractivity contribution in [1.29, 1.82) is 0 Å². The van der Waals surface area contributed by atoms with Crippen LogP contribution in [0, 0.1) is 5.92 Å². The molecule has 1 aromatic heterocycles. The zero-order chi connectivity index (χ0) is 15.0. The average Bonchev–Trinajstić information content (AvgIpc) is 2.95. The van der Waals surface area contributed by atoms with E-state index in [0.29, 0.717) is 17.3 Å². The van der Waals surface area contributed by atoms with Crippen molar-refractivity contribution in [3.05, 3.63) is 51.7 Å². The molecule has 0 saturated carbocycles. The number of fused-ring (bicyclic) bond motifs is 1. The molecule has 1 N–H and O–H groups in total. The van der Waals surface area contributed by atoms with Gasteiger partial charge in [-0.2, -0.15) is 0 Å². The van der Waals surface area contributed by atoms with Crippen molar-refractivity contribution in [3.8, 4) is 0 Å². The van der Waals surface area contributed by atoms with Crippen molar-refractivity contribution in [3.63, 3.8) is 0 Å². The number of nitrogens with zero attached hydrogens (tertiary/aromatic N) is 1. The van der Waals surface area contributed by atoms with Crippen molar-refractivity contribution in [2.45, 2.75) is 13.3 Å². The highest BCUT2D eigenvalue weighted by Crippen LogP contribution is 2.31.